The fourth-order valence-corrected chi connectivity index (χ4v) is 3.07. The van der Waals surface area contributed by atoms with E-state index in [0.29, 0.717) is 18.7 Å². The van der Waals surface area contributed by atoms with E-state index < -0.39 is 11.5 Å². The number of rotatable bonds is 4. The summed E-state index contributed by atoms with van der Waals surface area (Å²) in [4.78, 5) is 26.5. The Kier molecular flexibility index (Phi) is 3.92. The number of amides is 1. The molecule has 0 saturated carbocycles. The molecule has 3 N–H and O–H groups in total. The number of halogens is 1. The van der Waals surface area contributed by atoms with Crippen molar-refractivity contribution >= 4 is 38.7 Å². The summed E-state index contributed by atoms with van der Waals surface area (Å²) in [6, 6.07) is 7.44. The van der Waals surface area contributed by atoms with Gasteiger partial charge in [-0.05, 0) is 24.6 Å². The highest BCUT2D eigenvalue weighted by Gasteiger charge is 2.39. The van der Waals surface area contributed by atoms with Crippen LogP contribution in [0, 0.1) is 0 Å². The van der Waals surface area contributed by atoms with Crippen LogP contribution in [0.15, 0.2) is 28.7 Å². The van der Waals surface area contributed by atoms with Gasteiger partial charge < -0.3 is 20.1 Å². The zero-order valence-electron chi connectivity index (χ0n) is 11.7. The molecule has 7 heteroatoms. The van der Waals surface area contributed by atoms with E-state index in [4.69, 9.17) is 9.84 Å². The van der Waals surface area contributed by atoms with Crippen molar-refractivity contribution in [2.24, 2.45) is 0 Å². The van der Waals surface area contributed by atoms with Crippen molar-refractivity contribution in [3.8, 4) is 0 Å². The molecule has 1 aliphatic rings. The highest BCUT2D eigenvalue weighted by atomic mass is 79.9. The average molecular weight is 367 g/mol. The first kappa shape index (κ1) is 15.1. The molecule has 1 fully saturated rings. The van der Waals surface area contributed by atoms with Gasteiger partial charge in [0.05, 0.1) is 18.6 Å². The average Bonchev–Trinajstić information content (AvgIpc) is 3.04. The first-order chi connectivity index (χ1) is 10.5. The Balaban J connectivity index is 1.83. The van der Waals surface area contributed by atoms with E-state index >= 15 is 0 Å². The summed E-state index contributed by atoms with van der Waals surface area (Å²) < 4.78 is 6.20. The zero-order chi connectivity index (χ0) is 15.7. The molecular formula is C15H15BrN2O4. The lowest BCUT2D eigenvalue weighted by Gasteiger charge is -2.26. The molecule has 2 aromatic rings. The van der Waals surface area contributed by atoms with Gasteiger partial charge in [-0.3, -0.25) is 9.59 Å². The number of aromatic nitrogens is 1. The fourth-order valence-electron chi connectivity index (χ4n) is 2.71. The number of fused-ring (bicyclic) bond motifs is 1. The number of carbonyl (C=O) groups is 2. The maximum Gasteiger partial charge on any atom is 0.305 e. The summed E-state index contributed by atoms with van der Waals surface area (Å²) in [5.41, 5.74) is 0.417. The minimum absolute atomic E-state index is 0.148. The molecule has 1 atom stereocenters. The second-order valence-electron chi connectivity index (χ2n) is 5.52. The van der Waals surface area contributed by atoms with E-state index in [1.165, 1.54) is 0 Å². The third-order valence-electron chi connectivity index (χ3n) is 3.80. The van der Waals surface area contributed by atoms with Crippen LogP contribution in [0.3, 0.4) is 0 Å². The summed E-state index contributed by atoms with van der Waals surface area (Å²) in [6.45, 7) is 0.671. The molecule has 0 radical (unpaired) electrons. The monoisotopic (exact) mass is 366 g/mol. The van der Waals surface area contributed by atoms with Gasteiger partial charge in [-0.2, -0.15) is 0 Å². The second kappa shape index (κ2) is 5.73. The van der Waals surface area contributed by atoms with Gasteiger partial charge in [0.1, 0.15) is 5.69 Å². The molecule has 3 rings (SSSR count). The molecule has 0 spiro atoms. The van der Waals surface area contributed by atoms with Crippen molar-refractivity contribution in [2.75, 3.05) is 13.2 Å². The molecule has 6 nitrogen and oxygen atoms in total. The summed E-state index contributed by atoms with van der Waals surface area (Å²) >= 11 is 3.38. The van der Waals surface area contributed by atoms with Crippen molar-refractivity contribution < 1.29 is 19.4 Å². The molecule has 2 heterocycles. The van der Waals surface area contributed by atoms with Gasteiger partial charge >= 0.3 is 5.97 Å². The van der Waals surface area contributed by atoms with E-state index in [2.05, 4.69) is 26.2 Å². The Bertz CT molecular complexity index is 734. The smallest absolute Gasteiger partial charge is 0.305 e. The van der Waals surface area contributed by atoms with E-state index in [1.54, 1.807) is 6.07 Å². The fraction of sp³-hybridized carbons (Fsp3) is 0.333. The first-order valence-electron chi connectivity index (χ1n) is 6.88. The van der Waals surface area contributed by atoms with Crippen LogP contribution in [0.2, 0.25) is 0 Å². The van der Waals surface area contributed by atoms with Crippen molar-refractivity contribution in [3.05, 3.63) is 34.4 Å². The lowest BCUT2D eigenvalue weighted by Crippen LogP contribution is -2.50. The Labute approximate surface area is 135 Å². The lowest BCUT2D eigenvalue weighted by molar-refractivity contribution is -0.138. The summed E-state index contributed by atoms with van der Waals surface area (Å²) in [5.74, 6) is -1.27. The minimum Gasteiger partial charge on any atom is -0.481 e. The predicted octanol–water partition coefficient (Wildman–Crippen LogP) is 2.29. The summed E-state index contributed by atoms with van der Waals surface area (Å²) in [6.07, 6.45) is 0.349. The Morgan fingerprint density at radius 1 is 1.41 bits per heavy atom. The molecule has 1 unspecified atom stereocenters. The van der Waals surface area contributed by atoms with Crippen LogP contribution in [0.4, 0.5) is 0 Å². The second-order valence-corrected chi connectivity index (χ2v) is 6.44. The lowest BCUT2D eigenvalue weighted by atomic mass is 9.94. The number of ether oxygens (including phenoxy) is 1. The van der Waals surface area contributed by atoms with E-state index in [1.807, 2.05) is 18.2 Å². The van der Waals surface area contributed by atoms with Crippen LogP contribution in [0.5, 0.6) is 0 Å². The molecule has 1 amide bonds. The number of hydrogen-bond acceptors (Lipinski definition) is 3. The molecular weight excluding hydrogens is 352 g/mol. The van der Waals surface area contributed by atoms with Crippen LogP contribution >= 0.6 is 15.9 Å². The van der Waals surface area contributed by atoms with Gasteiger partial charge in [0, 0.05) is 22.0 Å². The highest BCUT2D eigenvalue weighted by molar-refractivity contribution is 9.10. The van der Waals surface area contributed by atoms with Crippen LogP contribution in [0.1, 0.15) is 23.3 Å². The molecule has 116 valence electrons. The number of H-pyrrole nitrogens is 1. The van der Waals surface area contributed by atoms with Gasteiger partial charge in [-0.15, -0.1) is 0 Å². The molecule has 1 aliphatic heterocycles. The first-order valence-corrected chi connectivity index (χ1v) is 7.67. The quantitative estimate of drug-likeness (QED) is 0.773. The topological polar surface area (TPSA) is 91.4 Å². The number of carboxylic acids is 1. The molecule has 22 heavy (non-hydrogen) atoms. The normalized spacial score (nSPS) is 21.1. The van der Waals surface area contributed by atoms with Crippen molar-refractivity contribution in [3.63, 3.8) is 0 Å². The molecule has 1 aromatic carbocycles. The number of aliphatic carboxylic acids is 1. The zero-order valence-corrected chi connectivity index (χ0v) is 13.3. The predicted molar refractivity (Wildman–Crippen MR) is 83.9 cm³/mol. The third kappa shape index (κ3) is 3.00. The van der Waals surface area contributed by atoms with E-state index in [0.717, 1.165) is 15.4 Å². The number of aromatic amines is 1. The molecule has 1 aromatic heterocycles. The van der Waals surface area contributed by atoms with Gasteiger partial charge in [-0.1, -0.05) is 22.0 Å². The van der Waals surface area contributed by atoms with Crippen LogP contribution in [-0.2, 0) is 9.53 Å². The van der Waals surface area contributed by atoms with Crippen molar-refractivity contribution in [2.45, 2.75) is 18.4 Å². The molecule has 0 bridgehead atoms. The largest absolute Gasteiger partial charge is 0.481 e. The standard InChI is InChI=1S/C15H15BrN2O4/c16-10-2-1-9-5-12(17-11(9)6-10)14(21)18-15(7-13(19)20)3-4-22-8-15/h1-2,5-6,17H,3-4,7-8H2,(H,18,21)(H,19,20). The maximum atomic E-state index is 12.4. The van der Waals surface area contributed by atoms with Crippen LogP contribution in [-0.4, -0.2) is 40.7 Å². The van der Waals surface area contributed by atoms with Gasteiger partial charge in [0.25, 0.3) is 5.91 Å². The highest BCUT2D eigenvalue weighted by Crippen LogP contribution is 2.24. The summed E-state index contributed by atoms with van der Waals surface area (Å²) in [5, 5.41) is 12.8. The molecule has 0 aliphatic carbocycles. The Morgan fingerprint density at radius 2 is 2.23 bits per heavy atom. The maximum absolute atomic E-state index is 12.4. The van der Waals surface area contributed by atoms with Crippen molar-refractivity contribution in [1.29, 1.82) is 0 Å². The Hall–Kier alpha value is -1.86. The SMILES string of the molecule is O=C(O)CC1(NC(=O)c2cc3ccc(Br)cc3[nH]2)CCOC1. The summed E-state index contributed by atoms with van der Waals surface area (Å²) in [7, 11) is 0. The van der Waals surface area contributed by atoms with Crippen LogP contribution in [0.25, 0.3) is 10.9 Å². The van der Waals surface area contributed by atoms with E-state index in [9.17, 15) is 9.59 Å². The Morgan fingerprint density at radius 3 is 2.91 bits per heavy atom. The van der Waals surface area contributed by atoms with E-state index in [-0.39, 0.29) is 18.9 Å². The third-order valence-corrected chi connectivity index (χ3v) is 4.29. The number of carbonyl (C=O) groups excluding carboxylic acids is 1. The number of carboxylic acid groups (broad SMARTS) is 1. The number of nitrogens with one attached hydrogen (secondary N) is 2. The van der Waals surface area contributed by atoms with Crippen molar-refractivity contribution in [1.82, 2.24) is 10.3 Å². The van der Waals surface area contributed by atoms with Gasteiger partial charge in [0.15, 0.2) is 0 Å². The number of benzene rings is 1. The van der Waals surface area contributed by atoms with Gasteiger partial charge in [0.2, 0.25) is 0 Å². The molecule has 1 saturated heterocycles. The van der Waals surface area contributed by atoms with Crippen LogP contribution < -0.4 is 5.32 Å². The van der Waals surface area contributed by atoms with Gasteiger partial charge in [-0.25, -0.2) is 0 Å². The minimum atomic E-state index is -0.952. The number of hydrogen-bond donors (Lipinski definition) is 3.